The Morgan fingerprint density at radius 1 is 1.50 bits per heavy atom. The third kappa shape index (κ3) is 3.12. The molecule has 2 aromatic heterocycles. The number of carbonyl (C=O) groups excluding carboxylic acids is 1. The monoisotopic (exact) mass is 279 g/mol. The molecule has 1 amide bonds. The predicted molar refractivity (Wildman–Crippen MR) is 74.1 cm³/mol. The summed E-state index contributed by atoms with van der Waals surface area (Å²) in [5, 5.41) is 10.2. The van der Waals surface area contributed by atoms with Crippen molar-refractivity contribution >= 4 is 28.7 Å². The zero-order valence-corrected chi connectivity index (χ0v) is 11.4. The Morgan fingerprint density at radius 3 is 3.05 bits per heavy atom. The lowest BCUT2D eigenvalue weighted by Gasteiger charge is -2.07. The van der Waals surface area contributed by atoms with Gasteiger partial charge in [-0.15, -0.1) is 0 Å². The molecule has 108 valence electrons. The zero-order chi connectivity index (χ0) is 14.5. The lowest BCUT2D eigenvalue weighted by molar-refractivity contribution is -0.119. The number of nitrogen functional groups attached to an aromatic ring is 1. The summed E-state index contributed by atoms with van der Waals surface area (Å²) in [6.45, 7) is 0.990. The number of hydrogen-bond acceptors (Lipinski definition) is 7. The summed E-state index contributed by atoms with van der Waals surface area (Å²) < 4.78 is 6.43. The number of hydrogen-bond donors (Lipinski definition) is 3. The summed E-state index contributed by atoms with van der Waals surface area (Å²) in [5.74, 6) is 0.445. The number of aromatic nitrogens is 4. The van der Waals surface area contributed by atoms with Crippen molar-refractivity contribution in [1.82, 2.24) is 25.1 Å². The summed E-state index contributed by atoms with van der Waals surface area (Å²) in [4.78, 5) is 19.9. The van der Waals surface area contributed by atoms with Crippen molar-refractivity contribution in [3.8, 4) is 0 Å². The Bertz CT molecular complexity index is 610. The minimum Gasteiger partial charge on any atom is -0.383 e. The molecule has 0 atom stereocenters. The molecule has 0 bridgehead atoms. The van der Waals surface area contributed by atoms with Gasteiger partial charge in [0, 0.05) is 20.7 Å². The third-order valence-electron chi connectivity index (χ3n) is 2.66. The summed E-state index contributed by atoms with van der Waals surface area (Å²) in [6, 6.07) is 0. The van der Waals surface area contributed by atoms with Crippen LogP contribution in [0, 0.1) is 0 Å². The number of nitrogens with zero attached hydrogens (tertiary/aromatic N) is 4. The number of aryl methyl sites for hydroxylation is 1. The zero-order valence-electron chi connectivity index (χ0n) is 11.4. The van der Waals surface area contributed by atoms with Gasteiger partial charge in [-0.25, -0.2) is 0 Å². The maximum Gasteiger partial charge on any atom is 0.239 e. The van der Waals surface area contributed by atoms with Gasteiger partial charge in [0.15, 0.2) is 5.65 Å². The van der Waals surface area contributed by atoms with Crippen LogP contribution in [0.5, 0.6) is 0 Å². The largest absolute Gasteiger partial charge is 0.383 e. The van der Waals surface area contributed by atoms with Crippen LogP contribution in [-0.4, -0.2) is 52.5 Å². The number of anilines is 2. The maximum absolute atomic E-state index is 11.5. The van der Waals surface area contributed by atoms with Crippen molar-refractivity contribution in [1.29, 1.82) is 0 Å². The van der Waals surface area contributed by atoms with Crippen LogP contribution in [0.2, 0.25) is 0 Å². The number of methoxy groups -OCH3 is 1. The average Bonchev–Trinajstić information content (AvgIpc) is 2.79. The number of carbonyl (C=O) groups is 1. The molecule has 0 saturated carbocycles. The molecule has 0 aliphatic carbocycles. The van der Waals surface area contributed by atoms with E-state index in [0.29, 0.717) is 36.0 Å². The molecule has 9 heteroatoms. The highest BCUT2D eigenvalue weighted by atomic mass is 16.5. The van der Waals surface area contributed by atoms with Gasteiger partial charge in [-0.1, -0.05) is 0 Å². The van der Waals surface area contributed by atoms with E-state index in [1.165, 1.54) is 0 Å². The number of fused-ring (bicyclic) bond motifs is 1. The molecule has 2 rings (SSSR count). The van der Waals surface area contributed by atoms with Gasteiger partial charge in [0.05, 0.1) is 24.7 Å². The lowest BCUT2D eigenvalue weighted by atomic mass is 10.4. The maximum atomic E-state index is 11.5. The van der Waals surface area contributed by atoms with Crippen LogP contribution >= 0.6 is 0 Å². The number of nitrogens with two attached hydrogens (primary N) is 1. The molecular formula is C11H17N7O2. The molecule has 2 aromatic rings. The van der Waals surface area contributed by atoms with Gasteiger partial charge >= 0.3 is 0 Å². The van der Waals surface area contributed by atoms with Gasteiger partial charge in [0.1, 0.15) is 5.82 Å². The SMILES string of the molecule is COCCNC(=O)CNc1nc(N)c2cnn(C)c2n1. The normalized spacial score (nSPS) is 10.7. The van der Waals surface area contributed by atoms with Crippen LogP contribution in [0.15, 0.2) is 6.20 Å². The van der Waals surface area contributed by atoms with E-state index in [2.05, 4.69) is 25.7 Å². The molecule has 0 aromatic carbocycles. The molecule has 0 radical (unpaired) electrons. The van der Waals surface area contributed by atoms with E-state index in [-0.39, 0.29) is 12.5 Å². The molecule has 0 aliphatic heterocycles. The van der Waals surface area contributed by atoms with Gasteiger partial charge in [-0.05, 0) is 0 Å². The van der Waals surface area contributed by atoms with E-state index < -0.39 is 0 Å². The van der Waals surface area contributed by atoms with Crippen LogP contribution in [0.1, 0.15) is 0 Å². The van der Waals surface area contributed by atoms with Crippen LogP contribution in [-0.2, 0) is 16.6 Å². The van der Waals surface area contributed by atoms with Gasteiger partial charge in [-0.3, -0.25) is 9.48 Å². The smallest absolute Gasteiger partial charge is 0.239 e. The highest BCUT2D eigenvalue weighted by molar-refractivity contribution is 5.86. The van der Waals surface area contributed by atoms with Crippen molar-refractivity contribution in [2.75, 3.05) is 37.9 Å². The van der Waals surface area contributed by atoms with E-state index in [0.717, 1.165) is 0 Å². The molecule has 20 heavy (non-hydrogen) atoms. The van der Waals surface area contributed by atoms with E-state index in [4.69, 9.17) is 10.5 Å². The Balaban J connectivity index is 1.99. The van der Waals surface area contributed by atoms with E-state index in [9.17, 15) is 4.79 Å². The number of rotatable bonds is 6. The summed E-state index contributed by atoms with van der Waals surface area (Å²) in [7, 11) is 3.33. The molecular weight excluding hydrogens is 262 g/mol. The van der Waals surface area contributed by atoms with E-state index >= 15 is 0 Å². The second-order valence-electron chi connectivity index (χ2n) is 4.13. The van der Waals surface area contributed by atoms with Crippen molar-refractivity contribution in [3.63, 3.8) is 0 Å². The minimum absolute atomic E-state index is 0.0620. The van der Waals surface area contributed by atoms with Crippen LogP contribution in [0.3, 0.4) is 0 Å². The fourth-order valence-electron chi connectivity index (χ4n) is 1.64. The lowest BCUT2D eigenvalue weighted by Crippen LogP contribution is -2.32. The van der Waals surface area contributed by atoms with E-state index in [1.807, 2.05) is 0 Å². The Hall–Kier alpha value is -2.42. The molecule has 9 nitrogen and oxygen atoms in total. The second kappa shape index (κ2) is 6.15. The van der Waals surface area contributed by atoms with Crippen LogP contribution in [0.4, 0.5) is 11.8 Å². The van der Waals surface area contributed by atoms with Crippen molar-refractivity contribution in [2.45, 2.75) is 0 Å². The first kappa shape index (κ1) is 14.0. The summed E-state index contributed by atoms with van der Waals surface area (Å²) in [6.07, 6.45) is 1.60. The minimum atomic E-state index is -0.172. The molecule has 0 fully saturated rings. The molecule has 0 unspecified atom stereocenters. The standard InChI is InChI=1S/C11H17N7O2/c1-18-10-7(5-15-18)9(12)16-11(17-10)14-6-8(19)13-3-4-20-2/h5H,3-4,6H2,1-2H3,(H,13,19)(H3,12,14,16,17). The Labute approximate surface area is 115 Å². The van der Waals surface area contributed by atoms with Gasteiger partial charge in [0.25, 0.3) is 0 Å². The highest BCUT2D eigenvalue weighted by Gasteiger charge is 2.09. The van der Waals surface area contributed by atoms with E-state index in [1.54, 1.807) is 25.0 Å². The molecule has 2 heterocycles. The van der Waals surface area contributed by atoms with Gasteiger partial charge < -0.3 is 21.1 Å². The molecule has 0 spiro atoms. The first-order valence-electron chi connectivity index (χ1n) is 6.06. The Kier molecular flexibility index (Phi) is 4.31. The number of ether oxygens (including phenoxy) is 1. The molecule has 0 aliphatic rings. The molecule has 0 saturated heterocycles. The van der Waals surface area contributed by atoms with Crippen molar-refractivity contribution < 1.29 is 9.53 Å². The highest BCUT2D eigenvalue weighted by Crippen LogP contribution is 2.17. The first-order chi connectivity index (χ1) is 9.61. The van der Waals surface area contributed by atoms with Crippen molar-refractivity contribution in [2.24, 2.45) is 7.05 Å². The summed E-state index contributed by atoms with van der Waals surface area (Å²) >= 11 is 0. The van der Waals surface area contributed by atoms with Crippen LogP contribution < -0.4 is 16.4 Å². The fraction of sp³-hybridized carbons (Fsp3) is 0.455. The second-order valence-corrected chi connectivity index (χ2v) is 4.13. The topological polar surface area (TPSA) is 120 Å². The number of nitrogens with one attached hydrogen (secondary N) is 2. The first-order valence-corrected chi connectivity index (χ1v) is 6.06. The van der Waals surface area contributed by atoms with Crippen molar-refractivity contribution in [3.05, 3.63) is 6.20 Å². The van der Waals surface area contributed by atoms with Crippen LogP contribution in [0.25, 0.3) is 11.0 Å². The van der Waals surface area contributed by atoms with Gasteiger partial charge in [0.2, 0.25) is 11.9 Å². The quantitative estimate of drug-likeness (QED) is 0.587. The summed E-state index contributed by atoms with van der Waals surface area (Å²) in [5.41, 5.74) is 6.42. The predicted octanol–water partition coefficient (Wildman–Crippen LogP) is -0.880. The Morgan fingerprint density at radius 2 is 2.30 bits per heavy atom. The third-order valence-corrected chi connectivity index (χ3v) is 2.66. The average molecular weight is 279 g/mol. The number of amides is 1. The fourth-order valence-corrected chi connectivity index (χ4v) is 1.64. The molecule has 4 N–H and O–H groups in total. The van der Waals surface area contributed by atoms with Gasteiger partial charge in [-0.2, -0.15) is 15.1 Å².